The molecule has 0 radical (unpaired) electrons. The molecule has 0 aliphatic heterocycles. The number of carbonyl (C=O) groups is 1. The summed E-state index contributed by atoms with van der Waals surface area (Å²) in [5.74, 6) is -0.0903. The number of hydrogen-bond donors (Lipinski definition) is 2. The molecule has 2 aromatic rings. The fraction of sp³-hybridized carbons (Fsp3) is 0.278. The minimum absolute atomic E-state index is 0.0903. The van der Waals surface area contributed by atoms with Crippen molar-refractivity contribution in [3.8, 4) is 0 Å². The molecule has 0 aromatic heterocycles. The lowest BCUT2D eigenvalue weighted by Crippen LogP contribution is -2.42. The van der Waals surface area contributed by atoms with Crippen LogP contribution >= 0.6 is 0 Å². The van der Waals surface area contributed by atoms with Gasteiger partial charge in [-0.25, -0.2) is 0 Å². The number of aryl methyl sites for hydroxylation is 1. The first kappa shape index (κ1) is 15.3. The fourth-order valence-electron chi connectivity index (χ4n) is 2.30. The SMILES string of the molecule is Cc1ccccc1CCNC(=O)[C@H](N)Cc1ccccc1. The smallest absolute Gasteiger partial charge is 0.237 e. The third-order valence-electron chi connectivity index (χ3n) is 3.59. The van der Waals surface area contributed by atoms with Crippen LogP contribution in [0.4, 0.5) is 0 Å². The van der Waals surface area contributed by atoms with Crippen LogP contribution in [0.5, 0.6) is 0 Å². The molecular formula is C18H22N2O. The van der Waals surface area contributed by atoms with E-state index in [1.54, 1.807) is 0 Å². The van der Waals surface area contributed by atoms with Gasteiger partial charge in [0.25, 0.3) is 0 Å². The Balaban J connectivity index is 1.78. The van der Waals surface area contributed by atoms with E-state index in [4.69, 9.17) is 5.73 Å². The van der Waals surface area contributed by atoms with Crippen molar-refractivity contribution in [3.63, 3.8) is 0 Å². The Bertz CT molecular complexity index is 581. The number of benzene rings is 2. The Morgan fingerprint density at radius 3 is 2.48 bits per heavy atom. The van der Waals surface area contributed by atoms with Crippen molar-refractivity contribution in [1.29, 1.82) is 0 Å². The van der Waals surface area contributed by atoms with Crippen LogP contribution in [0.3, 0.4) is 0 Å². The molecule has 2 rings (SSSR count). The first-order valence-corrected chi connectivity index (χ1v) is 7.28. The van der Waals surface area contributed by atoms with Crippen molar-refractivity contribution in [3.05, 3.63) is 71.3 Å². The summed E-state index contributed by atoms with van der Waals surface area (Å²) in [5.41, 5.74) is 9.54. The molecule has 1 atom stereocenters. The molecule has 3 nitrogen and oxygen atoms in total. The number of amides is 1. The van der Waals surface area contributed by atoms with E-state index in [1.165, 1.54) is 11.1 Å². The molecule has 110 valence electrons. The highest BCUT2D eigenvalue weighted by molar-refractivity contribution is 5.81. The van der Waals surface area contributed by atoms with Gasteiger partial charge < -0.3 is 11.1 Å². The molecule has 21 heavy (non-hydrogen) atoms. The number of hydrogen-bond acceptors (Lipinski definition) is 2. The minimum Gasteiger partial charge on any atom is -0.354 e. The summed E-state index contributed by atoms with van der Waals surface area (Å²) in [6, 6.07) is 17.6. The van der Waals surface area contributed by atoms with Crippen molar-refractivity contribution in [1.82, 2.24) is 5.32 Å². The maximum absolute atomic E-state index is 12.0. The highest BCUT2D eigenvalue weighted by Gasteiger charge is 2.13. The summed E-state index contributed by atoms with van der Waals surface area (Å²) in [4.78, 5) is 12.0. The molecule has 1 amide bonds. The molecule has 3 N–H and O–H groups in total. The Hall–Kier alpha value is -2.13. The van der Waals surface area contributed by atoms with E-state index in [9.17, 15) is 4.79 Å². The molecule has 0 heterocycles. The van der Waals surface area contributed by atoms with Gasteiger partial charge in [0, 0.05) is 6.54 Å². The maximum atomic E-state index is 12.0. The van der Waals surface area contributed by atoms with Crippen molar-refractivity contribution >= 4 is 5.91 Å². The van der Waals surface area contributed by atoms with E-state index >= 15 is 0 Å². The molecule has 0 aliphatic rings. The highest BCUT2D eigenvalue weighted by atomic mass is 16.2. The first-order chi connectivity index (χ1) is 10.2. The lowest BCUT2D eigenvalue weighted by atomic mass is 10.0. The zero-order valence-electron chi connectivity index (χ0n) is 12.4. The number of carbonyl (C=O) groups excluding carboxylic acids is 1. The average Bonchev–Trinajstić information content (AvgIpc) is 2.50. The lowest BCUT2D eigenvalue weighted by Gasteiger charge is -2.13. The van der Waals surface area contributed by atoms with Crippen LogP contribution in [0, 0.1) is 6.92 Å². The van der Waals surface area contributed by atoms with E-state index in [1.807, 2.05) is 42.5 Å². The van der Waals surface area contributed by atoms with E-state index in [2.05, 4.69) is 24.4 Å². The maximum Gasteiger partial charge on any atom is 0.237 e. The molecule has 0 aliphatic carbocycles. The van der Waals surface area contributed by atoms with Crippen molar-refractivity contribution in [2.24, 2.45) is 5.73 Å². The van der Waals surface area contributed by atoms with Crippen LogP contribution in [-0.4, -0.2) is 18.5 Å². The fourth-order valence-corrected chi connectivity index (χ4v) is 2.30. The quantitative estimate of drug-likeness (QED) is 0.853. The molecule has 0 saturated heterocycles. The van der Waals surface area contributed by atoms with E-state index in [0.717, 1.165) is 12.0 Å². The van der Waals surface area contributed by atoms with Gasteiger partial charge in [-0.3, -0.25) is 4.79 Å². The van der Waals surface area contributed by atoms with Gasteiger partial charge in [-0.05, 0) is 36.5 Å². The standard InChI is InChI=1S/C18H22N2O/c1-14-7-5-6-10-16(14)11-12-20-18(21)17(19)13-15-8-3-2-4-9-15/h2-10,17H,11-13,19H2,1H3,(H,20,21)/t17-/m1/s1. The summed E-state index contributed by atoms with van der Waals surface area (Å²) >= 11 is 0. The molecule has 0 spiro atoms. The number of rotatable bonds is 6. The van der Waals surface area contributed by atoms with E-state index in [0.29, 0.717) is 13.0 Å². The average molecular weight is 282 g/mol. The number of nitrogens with two attached hydrogens (primary N) is 1. The first-order valence-electron chi connectivity index (χ1n) is 7.28. The zero-order chi connectivity index (χ0) is 15.1. The topological polar surface area (TPSA) is 55.1 Å². The van der Waals surface area contributed by atoms with Crippen LogP contribution in [0.15, 0.2) is 54.6 Å². The van der Waals surface area contributed by atoms with Gasteiger partial charge in [-0.15, -0.1) is 0 Å². The van der Waals surface area contributed by atoms with Crippen LogP contribution in [0.1, 0.15) is 16.7 Å². The second-order valence-corrected chi connectivity index (χ2v) is 5.26. The Morgan fingerprint density at radius 2 is 1.76 bits per heavy atom. The molecular weight excluding hydrogens is 260 g/mol. The lowest BCUT2D eigenvalue weighted by molar-refractivity contribution is -0.122. The summed E-state index contributed by atoms with van der Waals surface area (Å²) in [7, 11) is 0. The Labute approximate surface area is 126 Å². The largest absolute Gasteiger partial charge is 0.354 e. The summed E-state index contributed by atoms with van der Waals surface area (Å²) in [5, 5.41) is 2.91. The molecule has 2 aromatic carbocycles. The third-order valence-corrected chi connectivity index (χ3v) is 3.59. The third kappa shape index (κ3) is 4.72. The van der Waals surface area contributed by atoms with Gasteiger partial charge in [0.15, 0.2) is 0 Å². The Kier molecular flexibility index (Phi) is 5.52. The van der Waals surface area contributed by atoms with Crippen molar-refractivity contribution in [2.45, 2.75) is 25.8 Å². The van der Waals surface area contributed by atoms with Gasteiger partial charge in [-0.2, -0.15) is 0 Å². The molecule has 3 heteroatoms. The minimum atomic E-state index is -0.496. The van der Waals surface area contributed by atoms with Crippen LogP contribution in [-0.2, 0) is 17.6 Å². The molecule has 0 fully saturated rings. The molecule has 0 saturated carbocycles. The highest BCUT2D eigenvalue weighted by Crippen LogP contribution is 2.07. The monoisotopic (exact) mass is 282 g/mol. The number of nitrogens with one attached hydrogen (secondary N) is 1. The van der Waals surface area contributed by atoms with Gasteiger partial charge in [0.1, 0.15) is 0 Å². The molecule has 0 bridgehead atoms. The predicted octanol–water partition coefficient (Wildman–Crippen LogP) is 2.22. The van der Waals surface area contributed by atoms with Gasteiger partial charge in [-0.1, -0.05) is 54.6 Å². The van der Waals surface area contributed by atoms with Crippen LogP contribution in [0.2, 0.25) is 0 Å². The second-order valence-electron chi connectivity index (χ2n) is 5.26. The predicted molar refractivity (Wildman–Crippen MR) is 86.0 cm³/mol. The zero-order valence-corrected chi connectivity index (χ0v) is 12.4. The van der Waals surface area contributed by atoms with E-state index < -0.39 is 6.04 Å². The summed E-state index contributed by atoms with van der Waals surface area (Å²) in [6.07, 6.45) is 1.40. The summed E-state index contributed by atoms with van der Waals surface area (Å²) in [6.45, 7) is 2.70. The van der Waals surface area contributed by atoms with Crippen LogP contribution < -0.4 is 11.1 Å². The van der Waals surface area contributed by atoms with Gasteiger partial charge >= 0.3 is 0 Å². The van der Waals surface area contributed by atoms with Crippen molar-refractivity contribution < 1.29 is 4.79 Å². The summed E-state index contributed by atoms with van der Waals surface area (Å²) < 4.78 is 0. The van der Waals surface area contributed by atoms with Crippen molar-refractivity contribution in [2.75, 3.05) is 6.54 Å². The molecule has 0 unspecified atom stereocenters. The Morgan fingerprint density at radius 1 is 1.10 bits per heavy atom. The normalized spacial score (nSPS) is 11.9. The second kappa shape index (κ2) is 7.60. The van der Waals surface area contributed by atoms with Gasteiger partial charge in [0.05, 0.1) is 6.04 Å². The van der Waals surface area contributed by atoms with Crippen LogP contribution in [0.25, 0.3) is 0 Å². The van der Waals surface area contributed by atoms with E-state index in [-0.39, 0.29) is 5.91 Å². The van der Waals surface area contributed by atoms with Gasteiger partial charge in [0.2, 0.25) is 5.91 Å².